The van der Waals surface area contributed by atoms with Gasteiger partial charge in [-0.3, -0.25) is 5.43 Å². The van der Waals surface area contributed by atoms with Crippen LogP contribution in [0.15, 0.2) is 5.10 Å². The van der Waals surface area contributed by atoms with E-state index in [1.54, 1.807) is 0 Å². The van der Waals surface area contributed by atoms with Gasteiger partial charge in [0.15, 0.2) is 28.4 Å². The van der Waals surface area contributed by atoms with Gasteiger partial charge >= 0.3 is 0 Å². The minimum atomic E-state index is -2.21. The summed E-state index contributed by atoms with van der Waals surface area (Å²) in [6.07, 6.45) is 5.72. The summed E-state index contributed by atoms with van der Waals surface area (Å²) in [5.74, 6) is -10.1. The van der Waals surface area contributed by atoms with Crippen molar-refractivity contribution in [3.05, 3.63) is 34.6 Å². The Labute approximate surface area is 134 Å². The number of rotatable bonds is 3. The predicted molar refractivity (Wildman–Crippen MR) is 79.6 cm³/mol. The number of hydrogen-bond donors (Lipinski definition) is 2. The van der Waals surface area contributed by atoms with Crippen molar-refractivity contribution in [2.45, 2.75) is 38.1 Å². The molecule has 1 aliphatic rings. The predicted octanol–water partition coefficient (Wildman–Crippen LogP) is 3.51. The van der Waals surface area contributed by atoms with Crippen LogP contribution in [0.5, 0.6) is 0 Å². The van der Waals surface area contributed by atoms with Crippen LogP contribution in [0.25, 0.3) is 0 Å². The van der Waals surface area contributed by atoms with Gasteiger partial charge in [0.05, 0.1) is 11.8 Å². The zero-order valence-corrected chi connectivity index (χ0v) is 12.8. The summed E-state index contributed by atoms with van der Waals surface area (Å²) in [5.41, 5.74) is 1.17. The molecule has 0 unspecified atom stereocenters. The van der Waals surface area contributed by atoms with Crippen molar-refractivity contribution in [1.29, 1.82) is 0 Å². The number of hydrogen-bond acceptors (Lipinski definition) is 2. The molecule has 1 fully saturated rings. The highest BCUT2D eigenvalue weighted by atomic mass is 32.1. The van der Waals surface area contributed by atoms with E-state index in [1.165, 1.54) is 0 Å². The number of halogens is 5. The number of thiocarbonyl (C=S) groups is 1. The summed E-state index contributed by atoms with van der Waals surface area (Å²) in [7, 11) is 0. The van der Waals surface area contributed by atoms with Gasteiger partial charge in [0, 0.05) is 6.04 Å². The second-order valence-corrected chi connectivity index (χ2v) is 5.57. The SMILES string of the molecule is Fc1c(F)c(F)c(C=NNC(=S)NC2CCCCC2)c(F)c1F. The molecule has 1 saturated carbocycles. The van der Waals surface area contributed by atoms with Gasteiger partial charge in [0.25, 0.3) is 0 Å². The van der Waals surface area contributed by atoms with Gasteiger partial charge in [-0.1, -0.05) is 19.3 Å². The van der Waals surface area contributed by atoms with Crippen molar-refractivity contribution in [3.8, 4) is 0 Å². The Kier molecular flexibility index (Phi) is 5.86. The van der Waals surface area contributed by atoms with E-state index in [4.69, 9.17) is 12.2 Å². The Balaban J connectivity index is 2.01. The zero-order valence-electron chi connectivity index (χ0n) is 11.9. The van der Waals surface area contributed by atoms with Crippen molar-refractivity contribution in [2.75, 3.05) is 0 Å². The largest absolute Gasteiger partial charge is 0.359 e. The molecule has 9 heteroatoms. The second kappa shape index (κ2) is 7.67. The molecule has 0 saturated heterocycles. The fourth-order valence-corrected chi connectivity index (χ4v) is 2.57. The number of nitrogens with one attached hydrogen (secondary N) is 2. The summed E-state index contributed by atoms with van der Waals surface area (Å²) in [6.45, 7) is 0. The van der Waals surface area contributed by atoms with Crippen LogP contribution in [0.3, 0.4) is 0 Å². The van der Waals surface area contributed by atoms with Gasteiger partial charge in [-0.05, 0) is 25.1 Å². The molecular formula is C14H14F5N3S. The Morgan fingerprint density at radius 3 is 2.00 bits per heavy atom. The Bertz CT molecular complexity index is 600. The summed E-state index contributed by atoms with van der Waals surface area (Å²) in [6, 6.07) is 0.188. The van der Waals surface area contributed by atoms with Gasteiger partial charge < -0.3 is 5.32 Å². The summed E-state index contributed by atoms with van der Waals surface area (Å²) >= 11 is 4.96. The number of benzene rings is 1. The van der Waals surface area contributed by atoms with Crippen LogP contribution in [0.1, 0.15) is 37.7 Å². The van der Waals surface area contributed by atoms with Gasteiger partial charge in [0.1, 0.15) is 0 Å². The standard InChI is InChI=1S/C14H14F5N3S/c15-9-8(10(16)12(18)13(19)11(9)17)6-20-22-14(23)21-7-4-2-1-3-5-7/h6-7H,1-5H2,(H2,21,22,23). The summed E-state index contributed by atoms with van der Waals surface area (Å²) in [4.78, 5) is 0. The number of hydrazone groups is 1. The third kappa shape index (κ3) is 4.15. The molecule has 0 radical (unpaired) electrons. The molecule has 0 bridgehead atoms. The third-order valence-corrected chi connectivity index (χ3v) is 3.75. The molecule has 1 aromatic carbocycles. The molecule has 1 aliphatic carbocycles. The number of nitrogens with zero attached hydrogens (tertiary/aromatic N) is 1. The minimum Gasteiger partial charge on any atom is -0.359 e. The maximum absolute atomic E-state index is 13.4. The Morgan fingerprint density at radius 1 is 0.913 bits per heavy atom. The summed E-state index contributed by atoms with van der Waals surface area (Å²) < 4.78 is 65.7. The maximum Gasteiger partial charge on any atom is 0.200 e. The van der Waals surface area contributed by atoms with E-state index >= 15 is 0 Å². The van der Waals surface area contributed by atoms with Crippen LogP contribution in [0, 0.1) is 29.1 Å². The quantitative estimate of drug-likeness (QED) is 0.219. The highest BCUT2D eigenvalue weighted by Gasteiger charge is 2.24. The fraction of sp³-hybridized carbons (Fsp3) is 0.429. The van der Waals surface area contributed by atoms with E-state index in [-0.39, 0.29) is 11.2 Å². The molecule has 0 aliphatic heterocycles. The second-order valence-electron chi connectivity index (χ2n) is 5.16. The van der Waals surface area contributed by atoms with Crippen molar-refractivity contribution in [1.82, 2.24) is 10.7 Å². The molecule has 23 heavy (non-hydrogen) atoms. The highest BCUT2D eigenvalue weighted by Crippen LogP contribution is 2.21. The maximum atomic E-state index is 13.4. The van der Waals surface area contributed by atoms with Crippen LogP contribution in [0.4, 0.5) is 22.0 Å². The smallest absolute Gasteiger partial charge is 0.200 e. The van der Waals surface area contributed by atoms with Crippen LogP contribution < -0.4 is 10.7 Å². The topological polar surface area (TPSA) is 36.4 Å². The zero-order chi connectivity index (χ0) is 17.0. The Morgan fingerprint density at radius 2 is 1.43 bits per heavy atom. The van der Waals surface area contributed by atoms with E-state index in [9.17, 15) is 22.0 Å². The molecule has 0 atom stereocenters. The van der Waals surface area contributed by atoms with Crippen molar-refractivity contribution in [3.63, 3.8) is 0 Å². The third-order valence-electron chi connectivity index (χ3n) is 3.54. The first-order chi connectivity index (χ1) is 10.9. The van der Waals surface area contributed by atoms with Gasteiger partial charge in [0.2, 0.25) is 5.82 Å². The first-order valence-electron chi connectivity index (χ1n) is 7.02. The van der Waals surface area contributed by atoms with E-state index in [1.807, 2.05) is 0 Å². The lowest BCUT2D eigenvalue weighted by Crippen LogP contribution is -2.40. The lowest BCUT2D eigenvalue weighted by molar-refractivity contribution is 0.377. The van der Waals surface area contributed by atoms with E-state index in [0.717, 1.165) is 32.1 Å². The lowest BCUT2D eigenvalue weighted by atomic mass is 9.96. The lowest BCUT2D eigenvalue weighted by Gasteiger charge is -2.23. The van der Waals surface area contributed by atoms with Gasteiger partial charge in [-0.25, -0.2) is 22.0 Å². The van der Waals surface area contributed by atoms with Crippen molar-refractivity contribution >= 4 is 23.5 Å². The average Bonchev–Trinajstić information content (AvgIpc) is 2.55. The molecule has 2 N–H and O–H groups in total. The molecule has 126 valence electrons. The van der Waals surface area contributed by atoms with E-state index < -0.39 is 34.6 Å². The molecule has 0 amide bonds. The average molecular weight is 351 g/mol. The van der Waals surface area contributed by atoms with E-state index in [2.05, 4.69) is 15.8 Å². The normalized spacial score (nSPS) is 15.9. The van der Waals surface area contributed by atoms with Crippen LogP contribution >= 0.6 is 12.2 Å². The monoisotopic (exact) mass is 351 g/mol. The molecule has 0 heterocycles. The van der Waals surface area contributed by atoms with E-state index in [0.29, 0.717) is 6.21 Å². The van der Waals surface area contributed by atoms with Gasteiger partial charge in [-0.15, -0.1) is 0 Å². The molecule has 2 rings (SSSR count). The molecule has 0 aromatic heterocycles. The minimum absolute atomic E-state index is 0.122. The van der Waals surface area contributed by atoms with Crippen molar-refractivity contribution in [2.24, 2.45) is 5.10 Å². The van der Waals surface area contributed by atoms with Crippen LogP contribution in [-0.2, 0) is 0 Å². The highest BCUT2D eigenvalue weighted by molar-refractivity contribution is 7.80. The molecular weight excluding hydrogens is 337 g/mol. The van der Waals surface area contributed by atoms with Crippen LogP contribution in [0.2, 0.25) is 0 Å². The molecule has 0 spiro atoms. The molecule has 3 nitrogen and oxygen atoms in total. The van der Waals surface area contributed by atoms with Gasteiger partial charge in [-0.2, -0.15) is 5.10 Å². The fourth-order valence-electron chi connectivity index (χ4n) is 2.36. The first kappa shape index (κ1) is 17.6. The van der Waals surface area contributed by atoms with Crippen LogP contribution in [-0.4, -0.2) is 17.4 Å². The van der Waals surface area contributed by atoms with Crippen molar-refractivity contribution < 1.29 is 22.0 Å². The summed E-state index contributed by atoms with van der Waals surface area (Å²) in [5, 5.41) is 6.53. The first-order valence-corrected chi connectivity index (χ1v) is 7.43. The molecule has 1 aromatic rings. The Hall–Kier alpha value is -1.77.